The predicted molar refractivity (Wildman–Crippen MR) is 90.0 cm³/mol. The molecule has 5 N–H and O–H groups in total. The number of primary amides is 1. The number of carbonyl (C=O) groups is 2. The van der Waals surface area contributed by atoms with Gasteiger partial charge in [-0.2, -0.15) is 0 Å². The number of benzene rings is 1. The number of nitrogens with two attached hydrogens (primary N) is 2. The van der Waals surface area contributed by atoms with Crippen LogP contribution in [0.15, 0.2) is 24.3 Å². The van der Waals surface area contributed by atoms with Crippen LogP contribution in [0.5, 0.6) is 0 Å². The summed E-state index contributed by atoms with van der Waals surface area (Å²) in [5.41, 5.74) is 10.9. The number of hydrogen-bond donors (Lipinski definition) is 3. The van der Waals surface area contributed by atoms with Gasteiger partial charge in [-0.05, 0) is 37.1 Å². The number of ketones is 1. The molecule has 1 aliphatic rings. The SMILES string of the molecule is NC(=O)C1(CC(=O)c2nc(N)sc2-c2cccc(F)c2)CCCN1. The number of nitrogens with zero attached hydrogens (tertiary/aromatic N) is 1. The Morgan fingerprint density at radius 1 is 1.42 bits per heavy atom. The molecule has 1 aromatic heterocycles. The monoisotopic (exact) mass is 348 g/mol. The molecule has 1 atom stereocenters. The van der Waals surface area contributed by atoms with Crippen LogP contribution in [0.3, 0.4) is 0 Å². The molecule has 24 heavy (non-hydrogen) atoms. The molecule has 0 radical (unpaired) electrons. The van der Waals surface area contributed by atoms with Gasteiger partial charge in [0.05, 0.1) is 4.88 Å². The first-order valence-corrected chi connectivity index (χ1v) is 8.33. The van der Waals surface area contributed by atoms with Crippen molar-refractivity contribution in [3.8, 4) is 10.4 Å². The average Bonchev–Trinajstić information content (AvgIpc) is 3.15. The number of Topliss-reactive ketones (excluding diaryl/α,β-unsaturated/α-hetero) is 1. The highest BCUT2D eigenvalue weighted by Gasteiger charge is 2.42. The van der Waals surface area contributed by atoms with E-state index in [2.05, 4.69) is 10.3 Å². The van der Waals surface area contributed by atoms with Crippen LogP contribution in [0.1, 0.15) is 29.8 Å². The zero-order valence-electron chi connectivity index (χ0n) is 12.8. The lowest BCUT2D eigenvalue weighted by atomic mass is 9.89. The van der Waals surface area contributed by atoms with E-state index in [1.807, 2.05) is 0 Å². The summed E-state index contributed by atoms with van der Waals surface area (Å²) in [6.07, 6.45) is 1.18. The summed E-state index contributed by atoms with van der Waals surface area (Å²) in [5, 5.41) is 3.25. The normalized spacial score (nSPS) is 20.2. The fourth-order valence-corrected chi connectivity index (χ4v) is 3.81. The van der Waals surface area contributed by atoms with E-state index in [1.54, 1.807) is 12.1 Å². The summed E-state index contributed by atoms with van der Waals surface area (Å²) in [5.74, 6) is -1.30. The van der Waals surface area contributed by atoms with Crippen molar-refractivity contribution in [3.05, 3.63) is 35.8 Å². The van der Waals surface area contributed by atoms with Crippen LogP contribution in [0.25, 0.3) is 10.4 Å². The van der Waals surface area contributed by atoms with Crippen molar-refractivity contribution < 1.29 is 14.0 Å². The molecule has 1 amide bonds. The first-order chi connectivity index (χ1) is 11.4. The third kappa shape index (κ3) is 3.02. The molecule has 2 heterocycles. The van der Waals surface area contributed by atoms with Crippen molar-refractivity contribution in [2.75, 3.05) is 12.3 Å². The lowest BCUT2D eigenvalue weighted by Crippen LogP contribution is -2.52. The second-order valence-corrected chi connectivity index (χ2v) is 6.85. The van der Waals surface area contributed by atoms with Crippen LogP contribution >= 0.6 is 11.3 Å². The van der Waals surface area contributed by atoms with Crippen molar-refractivity contribution in [3.63, 3.8) is 0 Å². The molecule has 126 valence electrons. The average molecular weight is 348 g/mol. The second-order valence-electron chi connectivity index (χ2n) is 5.82. The van der Waals surface area contributed by atoms with Gasteiger partial charge in [0.15, 0.2) is 10.9 Å². The molecule has 0 bridgehead atoms. The molecule has 1 aliphatic heterocycles. The first-order valence-electron chi connectivity index (χ1n) is 7.52. The minimum absolute atomic E-state index is 0.0895. The molecule has 1 unspecified atom stereocenters. The largest absolute Gasteiger partial charge is 0.375 e. The van der Waals surface area contributed by atoms with E-state index in [4.69, 9.17) is 11.5 Å². The minimum atomic E-state index is -1.05. The molecule has 6 nitrogen and oxygen atoms in total. The number of amides is 1. The predicted octanol–water partition coefficient (Wildman–Crippen LogP) is 1.71. The van der Waals surface area contributed by atoms with Gasteiger partial charge < -0.3 is 16.8 Å². The van der Waals surface area contributed by atoms with Crippen molar-refractivity contribution in [2.45, 2.75) is 24.8 Å². The van der Waals surface area contributed by atoms with Crippen LogP contribution in [0.2, 0.25) is 0 Å². The second kappa shape index (κ2) is 6.29. The molecule has 1 aromatic carbocycles. The fourth-order valence-electron chi connectivity index (χ4n) is 2.96. The molecule has 0 saturated carbocycles. The van der Waals surface area contributed by atoms with Crippen molar-refractivity contribution in [1.82, 2.24) is 10.3 Å². The Kier molecular flexibility index (Phi) is 4.33. The topological polar surface area (TPSA) is 111 Å². The minimum Gasteiger partial charge on any atom is -0.375 e. The number of rotatable bonds is 5. The van der Waals surface area contributed by atoms with E-state index in [0.717, 1.165) is 17.8 Å². The fraction of sp³-hybridized carbons (Fsp3) is 0.312. The van der Waals surface area contributed by atoms with Gasteiger partial charge in [0.2, 0.25) is 5.91 Å². The van der Waals surface area contributed by atoms with Gasteiger partial charge in [-0.15, -0.1) is 0 Å². The Hall–Kier alpha value is -2.32. The number of nitrogens with one attached hydrogen (secondary N) is 1. The van der Waals surface area contributed by atoms with Gasteiger partial charge in [-0.1, -0.05) is 23.5 Å². The van der Waals surface area contributed by atoms with Crippen LogP contribution < -0.4 is 16.8 Å². The Morgan fingerprint density at radius 3 is 2.83 bits per heavy atom. The molecular formula is C16H17FN4O2S. The number of carbonyl (C=O) groups excluding carboxylic acids is 2. The van der Waals surface area contributed by atoms with Gasteiger partial charge in [-0.25, -0.2) is 9.37 Å². The quantitative estimate of drug-likeness (QED) is 0.712. The van der Waals surface area contributed by atoms with E-state index >= 15 is 0 Å². The van der Waals surface area contributed by atoms with E-state index in [9.17, 15) is 14.0 Å². The zero-order valence-corrected chi connectivity index (χ0v) is 13.7. The number of hydrogen-bond acceptors (Lipinski definition) is 6. The maximum Gasteiger partial charge on any atom is 0.238 e. The standard InChI is InChI=1S/C16H17FN4O2S/c17-10-4-1-3-9(7-10)13-12(21-15(19)24-13)11(22)8-16(14(18)23)5-2-6-20-16/h1,3-4,7,20H,2,5-6,8H2,(H2,18,23)(H2,19,21). The molecular weight excluding hydrogens is 331 g/mol. The first kappa shape index (κ1) is 16.5. The van der Waals surface area contributed by atoms with Crippen LogP contribution in [-0.4, -0.2) is 28.8 Å². The van der Waals surface area contributed by atoms with Gasteiger partial charge in [0, 0.05) is 6.42 Å². The summed E-state index contributed by atoms with van der Waals surface area (Å²) in [7, 11) is 0. The lowest BCUT2D eigenvalue weighted by Gasteiger charge is -2.24. The van der Waals surface area contributed by atoms with Gasteiger partial charge in [0.1, 0.15) is 17.1 Å². The molecule has 0 spiro atoms. The van der Waals surface area contributed by atoms with Gasteiger partial charge in [0.25, 0.3) is 0 Å². The van der Waals surface area contributed by atoms with Crippen molar-refractivity contribution in [1.29, 1.82) is 0 Å². The summed E-state index contributed by atoms with van der Waals surface area (Å²) in [4.78, 5) is 29.1. The van der Waals surface area contributed by atoms with Crippen molar-refractivity contribution in [2.24, 2.45) is 5.73 Å². The summed E-state index contributed by atoms with van der Waals surface area (Å²) < 4.78 is 13.5. The molecule has 1 saturated heterocycles. The van der Waals surface area contributed by atoms with Crippen LogP contribution in [0.4, 0.5) is 9.52 Å². The maximum absolute atomic E-state index is 13.5. The summed E-state index contributed by atoms with van der Waals surface area (Å²) in [6.45, 7) is 0.631. The highest BCUT2D eigenvalue weighted by atomic mass is 32.1. The molecule has 1 fully saturated rings. The van der Waals surface area contributed by atoms with E-state index in [1.165, 1.54) is 12.1 Å². The van der Waals surface area contributed by atoms with Crippen LogP contribution in [-0.2, 0) is 4.79 Å². The number of nitrogen functional groups attached to an aromatic ring is 1. The molecule has 0 aliphatic carbocycles. The maximum atomic E-state index is 13.5. The summed E-state index contributed by atoms with van der Waals surface area (Å²) >= 11 is 1.11. The molecule has 3 rings (SSSR count). The number of thiazole rings is 1. The highest BCUT2D eigenvalue weighted by molar-refractivity contribution is 7.19. The smallest absolute Gasteiger partial charge is 0.238 e. The molecule has 2 aromatic rings. The van der Waals surface area contributed by atoms with Gasteiger partial charge >= 0.3 is 0 Å². The van der Waals surface area contributed by atoms with Gasteiger partial charge in [-0.3, -0.25) is 9.59 Å². The molecule has 8 heteroatoms. The number of halogens is 1. The van der Waals surface area contributed by atoms with E-state index in [-0.39, 0.29) is 23.0 Å². The van der Waals surface area contributed by atoms with E-state index < -0.39 is 17.3 Å². The summed E-state index contributed by atoms with van der Waals surface area (Å²) in [6, 6.07) is 5.88. The zero-order chi connectivity index (χ0) is 17.3. The van der Waals surface area contributed by atoms with Crippen molar-refractivity contribution >= 4 is 28.2 Å². The number of anilines is 1. The highest BCUT2D eigenvalue weighted by Crippen LogP contribution is 2.34. The number of aromatic nitrogens is 1. The third-order valence-electron chi connectivity index (χ3n) is 4.17. The Bertz CT molecular complexity index is 799. The van der Waals surface area contributed by atoms with Crippen LogP contribution in [0, 0.1) is 5.82 Å². The Labute approximate surface area is 142 Å². The lowest BCUT2D eigenvalue weighted by molar-refractivity contribution is -0.123. The Morgan fingerprint density at radius 2 is 2.21 bits per heavy atom. The Balaban J connectivity index is 1.95. The van der Waals surface area contributed by atoms with E-state index in [0.29, 0.717) is 23.4 Å². The third-order valence-corrected chi connectivity index (χ3v) is 5.11.